The number of hydrogen-bond acceptors (Lipinski definition) is 2. The van der Waals surface area contributed by atoms with E-state index in [9.17, 15) is 0 Å². The van der Waals surface area contributed by atoms with Crippen molar-refractivity contribution in [3.63, 3.8) is 0 Å². The molecule has 1 atom stereocenters. The van der Waals surface area contributed by atoms with Crippen molar-refractivity contribution in [2.45, 2.75) is 65.3 Å². The summed E-state index contributed by atoms with van der Waals surface area (Å²) in [5.74, 6) is 0.800. The molecule has 1 saturated heterocycles. The molecule has 2 fully saturated rings. The molecule has 106 valence electrons. The van der Waals surface area contributed by atoms with Gasteiger partial charge in [-0.3, -0.25) is 4.90 Å². The minimum absolute atomic E-state index is 0.567. The first-order chi connectivity index (χ1) is 8.65. The van der Waals surface area contributed by atoms with Gasteiger partial charge >= 0.3 is 0 Å². The highest BCUT2D eigenvalue weighted by Gasteiger charge is 2.36. The Morgan fingerprint density at radius 1 is 1.28 bits per heavy atom. The Bertz CT molecular complexity index is 237. The number of hydrogen-bond donors (Lipinski definition) is 1. The van der Waals surface area contributed by atoms with E-state index in [-0.39, 0.29) is 0 Å². The monoisotopic (exact) mass is 252 g/mol. The van der Waals surface area contributed by atoms with Gasteiger partial charge in [-0.1, -0.05) is 33.6 Å². The van der Waals surface area contributed by atoms with Crippen LogP contribution < -0.4 is 5.32 Å². The van der Waals surface area contributed by atoms with E-state index < -0.39 is 0 Å². The van der Waals surface area contributed by atoms with Gasteiger partial charge < -0.3 is 5.32 Å². The van der Waals surface area contributed by atoms with Gasteiger partial charge in [-0.2, -0.15) is 0 Å². The lowest BCUT2D eigenvalue weighted by Crippen LogP contribution is -2.45. The Kier molecular flexibility index (Phi) is 5.08. The molecule has 0 spiro atoms. The van der Waals surface area contributed by atoms with Crippen LogP contribution in [0.3, 0.4) is 0 Å². The number of nitrogens with one attached hydrogen (secondary N) is 1. The zero-order valence-corrected chi connectivity index (χ0v) is 12.7. The van der Waals surface area contributed by atoms with E-state index >= 15 is 0 Å². The molecule has 2 nitrogen and oxygen atoms in total. The fraction of sp³-hybridized carbons (Fsp3) is 1.00. The van der Waals surface area contributed by atoms with E-state index in [4.69, 9.17) is 0 Å². The van der Waals surface area contributed by atoms with Crippen molar-refractivity contribution in [2.24, 2.45) is 11.3 Å². The number of rotatable bonds is 6. The van der Waals surface area contributed by atoms with Gasteiger partial charge in [-0.15, -0.1) is 0 Å². The molecule has 1 N–H and O–H groups in total. The molecular weight excluding hydrogens is 220 g/mol. The molecule has 2 heteroatoms. The molecule has 1 heterocycles. The Balaban J connectivity index is 1.98. The predicted molar refractivity (Wildman–Crippen MR) is 78.9 cm³/mol. The van der Waals surface area contributed by atoms with Crippen molar-refractivity contribution in [1.82, 2.24) is 10.2 Å². The average Bonchev–Trinajstić information content (AvgIpc) is 2.99. The molecule has 0 bridgehead atoms. The summed E-state index contributed by atoms with van der Waals surface area (Å²) in [7, 11) is 0. The summed E-state index contributed by atoms with van der Waals surface area (Å²) in [6.45, 7) is 12.2. The molecule has 1 unspecified atom stereocenters. The van der Waals surface area contributed by atoms with E-state index in [0.29, 0.717) is 5.41 Å². The average molecular weight is 252 g/mol. The highest BCUT2D eigenvalue weighted by molar-refractivity contribution is 4.92. The van der Waals surface area contributed by atoms with Gasteiger partial charge in [-0.25, -0.2) is 0 Å². The van der Waals surface area contributed by atoms with Crippen LogP contribution in [0.2, 0.25) is 0 Å². The first-order valence-corrected chi connectivity index (χ1v) is 8.10. The van der Waals surface area contributed by atoms with Crippen LogP contribution >= 0.6 is 0 Å². The fourth-order valence-corrected chi connectivity index (χ4v) is 3.86. The summed E-state index contributed by atoms with van der Waals surface area (Å²) in [6.07, 6.45) is 8.51. The molecule has 1 saturated carbocycles. The Labute approximate surface area is 114 Å². The smallest absolute Gasteiger partial charge is 0.00956 e. The SMILES string of the molecule is CCC1(CN(CC(C)C)C2CCCC2)CCNC1. The van der Waals surface area contributed by atoms with Crippen LogP contribution in [-0.2, 0) is 0 Å². The van der Waals surface area contributed by atoms with Crippen molar-refractivity contribution in [2.75, 3.05) is 26.2 Å². The molecule has 2 rings (SSSR count). The third-order valence-electron chi connectivity index (χ3n) is 5.06. The van der Waals surface area contributed by atoms with Crippen molar-refractivity contribution >= 4 is 0 Å². The summed E-state index contributed by atoms with van der Waals surface area (Å²) >= 11 is 0. The lowest BCUT2D eigenvalue weighted by Gasteiger charge is -2.38. The lowest BCUT2D eigenvalue weighted by molar-refractivity contribution is 0.104. The van der Waals surface area contributed by atoms with Gasteiger partial charge in [0, 0.05) is 25.7 Å². The Morgan fingerprint density at radius 3 is 2.50 bits per heavy atom. The predicted octanol–water partition coefficient (Wildman–Crippen LogP) is 3.28. The molecule has 0 aromatic heterocycles. The Hall–Kier alpha value is -0.0800. The van der Waals surface area contributed by atoms with Gasteiger partial charge in [0.1, 0.15) is 0 Å². The van der Waals surface area contributed by atoms with Crippen molar-refractivity contribution in [3.05, 3.63) is 0 Å². The summed E-state index contributed by atoms with van der Waals surface area (Å²) in [6, 6.07) is 0.886. The van der Waals surface area contributed by atoms with Crippen molar-refractivity contribution in [1.29, 1.82) is 0 Å². The number of nitrogens with zero attached hydrogens (tertiary/aromatic N) is 1. The summed E-state index contributed by atoms with van der Waals surface area (Å²) in [4.78, 5) is 2.84. The van der Waals surface area contributed by atoms with Gasteiger partial charge in [0.25, 0.3) is 0 Å². The van der Waals surface area contributed by atoms with Crippen LogP contribution in [0.4, 0.5) is 0 Å². The minimum Gasteiger partial charge on any atom is -0.316 e. The summed E-state index contributed by atoms with van der Waals surface area (Å²) < 4.78 is 0. The van der Waals surface area contributed by atoms with Crippen molar-refractivity contribution in [3.8, 4) is 0 Å². The Morgan fingerprint density at radius 2 is 2.00 bits per heavy atom. The highest BCUT2D eigenvalue weighted by atomic mass is 15.2. The third kappa shape index (κ3) is 3.48. The molecule has 18 heavy (non-hydrogen) atoms. The zero-order chi connectivity index (χ0) is 13.0. The van der Waals surface area contributed by atoms with Crippen LogP contribution in [0, 0.1) is 11.3 Å². The van der Waals surface area contributed by atoms with E-state index in [1.54, 1.807) is 0 Å². The second kappa shape index (κ2) is 6.38. The maximum absolute atomic E-state index is 3.59. The second-order valence-electron chi connectivity index (χ2n) is 7.04. The fourth-order valence-electron chi connectivity index (χ4n) is 3.86. The zero-order valence-electron chi connectivity index (χ0n) is 12.7. The lowest BCUT2D eigenvalue weighted by atomic mass is 9.83. The van der Waals surface area contributed by atoms with Gasteiger partial charge in [0.2, 0.25) is 0 Å². The summed E-state index contributed by atoms with van der Waals surface area (Å²) in [5, 5.41) is 3.59. The van der Waals surface area contributed by atoms with Crippen LogP contribution in [0.25, 0.3) is 0 Å². The molecule has 1 aliphatic carbocycles. The molecule has 0 aromatic carbocycles. The van der Waals surface area contributed by atoms with Gasteiger partial charge in [-0.05, 0) is 43.6 Å². The largest absolute Gasteiger partial charge is 0.316 e. The highest BCUT2D eigenvalue weighted by Crippen LogP contribution is 2.34. The first-order valence-electron chi connectivity index (χ1n) is 8.10. The molecule has 1 aliphatic heterocycles. The maximum atomic E-state index is 3.59. The van der Waals surface area contributed by atoms with Crippen LogP contribution in [0.1, 0.15) is 59.3 Å². The quantitative estimate of drug-likeness (QED) is 0.780. The van der Waals surface area contributed by atoms with E-state index in [1.165, 1.54) is 64.7 Å². The van der Waals surface area contributed by atoms with E-state index in [0.717, 1.165) is 12.0 Å². The standard InChI is InChI=1S/C16H32N2/c1-4-16(9-10-17-12-16)13-18(11-14(2)3)15-7-5-6-8-15/h14-15,17H,4-13H2,1-3H3. The third-order valence-corrected chi connectivity index (χ3v) is 5.06. The molecule has 0 amide bonds. The first kappa shape index (κ1) is 14.3. The molecule has 0 radical (unpaired) electrons. The summed E-state index contributed by atoms with van der Waals surface area (Å²) in [5.41, 5.74) is 0.567. The van der Waals surface area contributed by atoms with Gasteiger partial charge in [0.15, 0.2) is 0 Å². The van der Waals surface area contributed by atoms with E-state index in [2.05, 4.69) is 31.0 Å². The van der Waals surface area contributed by atoms with Gasteiger partial charge in [0.05, 0.1) is 0 Å². The molecule has 2 aliphatic rings. The maximum Gasteiger partial charge on any atom is 0.00956 e. The van der Waals surface area contributed by atoms with Crippen LogP contribution in [0.5, 0.6) is 0 Å². The molecular formula is C16H32N2. The minimum atomic E-state index is 0.567. The molecule has 0 aromatic rings. The van der Waals surface area contributed by atoms with Crippen molar-refractivity contribution < 1.29 is 0 Å². The topological polar surface area (TPSA) is 15.3 Å². The second-order valence-corrected chi connectivity index (χ2v) is 7.04. The van der Waals surface area contributed by atoms with Crippen LogP contribution in [-0.4, -0.2) is 37.1 Å². The van der Waals surface area contributed by atoms with E-state index in [1.807, 2.05) is 0 Å². The normalized spacial score (nSPS) is 29.8. The van der Waals surface area contributed by atoms with Crippen LogP contribution in [0.15, 0.2) is 0 Å².